The van der Waals surface area contributed by atoms with Gasteiger partial charge in [-0.3, -0.25) is 4.84 Å². The van der Waals surface area contributed by atoms with Crippen LogP contribution in [0.15, 0.2) is 95.1 Å². The number of hydrazine groups is 1. The minimum absolute atomic E-state index is 0.0781. The standard InChI is InChI=1S/C31H29F3N6O8S/c1-20-8-10-22(11-9-20)27-18-28(31(32,33)34)35-39(27)24-12-14-26(15-13-24)49(44,45)36-30(42)47-25-16-17-38(19-25)40(43)37-48-21(2)46-29(41)23-6-4-3-5-7-23/h3-15,18,21,25H,16-17,19H2,1-2H3,(H,36,42)/b40-37-. The van der Waals surface area contributed by atoms with Gasteiger partial charge in [0, 0.05) is 18.9 Å². The fourth-order valence-electron chi connectivity index (χ4n) is 4.69. The van der Waals surface area contributed by atoms with Gasteiger partial charge < -0.3 is 14.7 Å². The molecule has 1 aliphatic heterocycles. The molecule has 2 heterocycles. The Morgan fingerprint density at radius 2 is 1.73 bits per heavy atom. The molecule has 1 saturated heterocycles. The molecule has 0 radical (unpaired) electrons. The van der Waals surface area contributed by atoms with Crippen LogP contribution in [0, 0.1) is 12.1 Å². The first-order valence-electron chi connectivity index (χ1n) is 14.6. The molecule has 2 atom stereocenters. The molecule has 0 aliphatic carbocycles. The van der Waals surface area contributed by atoms with Crippen molar-refractivity contribution in [2.24, 2.45) is 5.28 Å². The average molecular weight is 703 g/mol. The summed E-state index contributed by atoms with van der Waals surface area (Å²) in [5, 5.41) is 20.5. The number of nitrogens with one attached hydrogen (secondary N) is 1. The largest absolute Gasteiger partial charge is 0.569 e. The number of sulfonamides is 1. The molecular weight excluding hydrogens is 673 g/mol. The van der Waals surface area contributed by atoms with Gasteiger partial charge in [-0.25, -0.2) is 27.4 Å². The van der Waals surface area contributed by atoms with Crippen molar-refractivity contribution in [3.8, 4) is 16.9 Å². The number of carbonyl (C=O) groups is 2. The number of benzene rings is 3. The van der Waals surface area contributed by atoms with Crippen LogP contribution in [0.25, 0.3) is 16.9 Å². The predicted octanol–water partition coefficient (Wildman–Crippen LogP) is 5.37. The van der Waals surface area contributed by atoms with Gasteiger partial charge >= 0.3 is 18.2 Å². The van der Waals surface area contributed by atoms with Crippen LogP contribution in [0.5, 0.6) is 0 Å². The Kier molecular flexibility index (Phi) is 10.1. The van der Waals surface area contributed by atoms with E-state index in [1.54, 1.807) is 47.2 Å². The minimum Gasteiger partial charge on any atom is -0.569 e. The van der Waals surface area contributed by atoms with E-state index in [2.05, 4.69) is 10.4 Å². The van der Waals surface area contributed by atoms with Crippen molar-refractivity contribution >= 4 is 22.1 Å². The second-order valence-electron chi connectivity index (χ2n) is 10.8. The Morgan fingerprint density at radius 3 is 2.39 bits per heavy atom. The van der Waals surface area contributed by atoms with E-state index in [4.69, 9.17) is 14.3 Å². The quantitative estimate of drug-likeness (QED) is 0.0746. The van der Waals surface area contributed by atoms with E-state index >= 15 is 0 Å². The number of aryl methyl sites for hydroxylation is 1. The third-order valence-electron chi connectivity index (χ3n) is 7.14. The van der Waals surface area contributed by atoms with Gasteiger partial charge in [-0.2, -0.15) is 18.3 Å². The summed E-state index contributed by atoms with van der Waals surface area (Å²) in [5.74, 6) is -0.683. The fraction of sp³-hybridized carbons (Fsp3) is 0.258. The zero-order chi connectivity index (χ0) is 35.3. The smallest absolute Gasteiger partial charge is 0.435 e. The van der Waals surface area contributed by atoms with Crippen LogP contribution in [-0.4, -0.2) is 65.7 Å². The molecule has 1 aliphatic rings. The van der Waals surface area contributed by atoms with Crippen molar-refractivity contribution in [3.05, 3.63) is 107 Å². The lowest BCUT2D eigenvalue weighted by Crippen LogP contribution is -2.36. The van der Waals surface area contributed by atoms with Crippen molar-refractivity contribution in [2.45, 2.75) is 43.7 Å². The Hall–Kier alpha value is -5.65. The molecule has 0 spiro atoms. The third-order valence-corrected chi connectivity index (χ3v) is 8.47. The molecule has 4 aromatic rings. The van der Waals surface area contributed by atoms with E-state index in [1.165, 1.54) is 31.2 Å². The first kappa shape index (κ1) is 34.7. The summed E-state index contributed by atoms with van der Waals surface area (Å²) in [4.78, 5) is 29.2. The highest BCUT2D eigenvalue weighted by Crippen LogP contribution is 2.33. The SMILES string of the molecule is Cc1ccc(-c2cc(C(F)(F)F)nn2-c2ccc(S(=O)(=O)NC(=O)OC3CCN(/[N+]([O-])=N/OC(C)OC(=O)c4ccccc4)C3)cc2)cc1. The van der Waals surface area contributed by atoms with Gasteiger partial charge in [-0.15, -0.1) is 5.01 Å². The maximum absolute atomic E-state index is 13.5. The molecule has 3 aromatic carbocycles. The molecule has 1 amide bonds. The number of rotatable bonds is 10. The number of hydrogen-bond acceptors (Lipinski definition) is 10. The second kappa shape index (κ2) is 14.2. The lowest BCUT2D eigenvalue weighted by Gasteiger charge is -2.15. The molecule has 258 valence electrons. The average Bonchev–Trinajstić information content (AvgIpc) is 3.72. The number of aromatic nitrogens is 2. The zero-order valence-corrected chi connectivity index (χ0v) is 26.7. The van der Waals surface area contributed by atoms with Crippen molar-refractivity contribution in [2.75, 3.05) is 13.1 Å². The van der Waals surface area contributed by atoms with Gasteiger partial charge in [0.25, 0.3) is 16.3 Å². The fourth-order valence-corrected chi connectivity index (χ4v) is 5.57. The highest BCUT2D eigenvalue weighted by molar-refractivity contribution is 7.90. The molecule has 1 aromatic heterocycles. The van der Waals surface area contributed by atoms with E-state index < -0.39 is 46.4 Å². The van der Waals surface area contributed by atoms with Gasteiger partial charge in [0.15, 0.2) is 5.69 Å². The maximum atomic E-state index is 13.5. The second-order valence-corrected chi connectivity index (χ2v) is 12.5. The number of nitrogens with zero attached hydrogens (tertiary/aromatic N) is 5. The summed E-state index contributed by atoms with van der Waals surface area (Å²) in [5.41, 5.74) is 0.777. The van der Waals surface area contributed by atoms with Gasteiger partial charge in [-0.1, -0.05) is 48.0 Å². The summed E-state index contributed by atoms with van der Waals surface area (Å²) in [6.45, 7) is 3.12. The molecule has 49 heavy (non-hydrogen) atoms. The number of amides is 1. The number of alkyl halides is 3. The molecule has 18 heteroatoms. The van der Waals surface area contributed by atoms with Crippen molar-refractivity contribution in [3.63, 3.8) is 0 Å². The van der Waals surface area contributed by atoms with E-state index in [0.717, 1.165) is 33.5 Å². The lowest BCUT2D eigenvalue weighted by molar-refractivity contribution is -0.709. The van der Waals surface area contributed by atoms with Crippen LogP contribution >= 0.6 is 0 Å². The number of hydrogen-bond donors (Lipinski definition) is 1. The Balaban J connectivity index is 1.17. The molecule has 1 fully saturated rings. The summed E-state index contributed by atoms with van der Waals surface area (Å²) in [7, 11) is -4.46. The lowest BCUT2D eigenvalue weighted by atomic mass is 10.1. The monoisotopic (exact) mass is 702 g/mol. The first-order chi connectivity index (χ1) is 23.2. The summed E-state index contributed by atoms with van der Waals surface area (Å²) < 4.78 is 79.4. The van der Waals surface area contributed by atoms with Gasteiger partial charge in [0.05, 0.1) is 33.4 Å². The minimum atomic E-state index is -4.72. The Morgan fingerprint density at radius 1 is 1.06 bits per heavy atom. The van der Waals surface area contributed by atoms with E-state index in [0.29, 0.717) is 5.56 Å². The number of ether oxygens (including phenoxy) is 2. The molecule has 1 N–H and O–H groups in total. The first-order valence-corrected chi connectivity index (χ1v) is 16.1. The Bertz CT molecular complexity index is 1940. The summed E-state index contributed by atoms with van der Waals surface area (Å²) in [6.07, 6.45) is -7.97. The van der Waals surface area contributed by atoms with E-state index in [-0.39, 0.29) is 46.3 Å². The van der Waals surface area contributed by atoms with Crippen LogP contribution in [0.3, 0.4) is 0 Å². The van der Waals surface area contributed by atoms with Gasteiger partial charge in [0.1, 0.15) is 12.6 Å². The molecule has 2 unspecified atom stereocenters. The van der Waals surface area contributed by atoms with Crippen LogP contribution in [0.4, 0.5) is 18.0 Å². The summed E-state index contributed by atoms with van der Waals surface area (Å²) >= 11 is 0. The highest BCUT2D eigenvalue weighted by Gasteiger charge is 2.36. The molecule has 14 nitrogen and oxygen atoms in total. The van der Waals surface area contributed by atoms with E-state index in [9.17, 15) is 36.4 Å². The third kappa shape index (κ3) is 8.64. The predicted molar refractivity (Wildman–Crippen MR) is 164 cm³/mol. The number of esters is 1. The number of carbonyl (C=O) groups excluding carboxylic acids is 2. The summed E-state index contributed by atoms with van der Waals surface area (Å²) in [6, 6.07) is 20.5. The zero-order valence-electron chi connectivity index (χ0n) is 25.9. The highest BCUT2D eigenvalue weighted by atomic mass is 32.2. The molecule has 0 saturated carbocycles. The molecular formula is C31H29F3N6O8S. The molecule has 0 bridgehead atoms. The number of halogens is 3. The van der Waals surface area contributed by atoms with Crippen molar-refractivity contribution in [1.82, 2.24) is 19.5 Å². The van der Waals surface area contributed by atoms with Crippen LogP contribution in [0.2, 0.25) is 0 Å². The van der Waals surface area contributed by atoms with Crippen molar-refractivity contribution < 1.29 is 50.5 Å². The van der Waals surface area contributed by atoms with Crippen LogP contribution in [0.1, 0.15) is 35.0 Å². The van der Waals surface area contributed by atoms with Gasteiger partial charge in [0.2, 0.25) is 5.28 Å². The Labute approximate surface area is 277 Å². The molecule has 5 rings (SSSR count). The maximum Gasteiger partial charge on any atom is 0.435 e. The van der Waals surface area contributed by atoms with Gasteiger partial charge in [-0.05, 0) is 49.4 Å². The van der Waals surface area contributed by atoms with E-state index in [1.807, 2.05) is 6.92 Å². The van der Waals surface area contributed by atoms with Crippen LogP contribution in [-0.2, 0) is 30.5 Å². The topological polar surface area (TPSA) is 167 Å². The normalized spacial score (nSPS) is 15.8. The van der Waals surface area contributed by atoms with Crippen LogP contribution < -0.4 is 4.72 Å². The van der Waals surface area contributed by atoms with Crippen molar-refractivity contribution in [1.29, 1.82) is 0 Å².